The normalized spacial score (nSPS) is 36.6. The van der Waals surface area contributed by atoms with Crippen LogP contribution in [-0.2, 0) is 0 Å². The average Bonchev–Trinajstić information content (AvgIpc) is 2.84. The quantitative estimate of drug-likeness (QED) is 0.886. The van der Waals surface area contributed by atoms with Gasteiger partial charge in [-0.1, -0.05) is 0 Å². The van der Waals surface area contributed by atoms with E-state index in [-0.39, 0.29) is 5.91 Å². The lowest BCUT2D eigenvalue weighted by Crippen LogP contribution is -2.30. The van der Waals surface area contributed by atoms with Crippen LogP contribution in [0.2, 0.25) is 0 Å². The van der Waals surface area contributed by atoms with E-state index in [1.807, 2.05) is 20.0 Å². The molecule has 4 heteroatoms. The number of nitrogens with one attached hydrogen (secondary N) is 2. The summed E-state index contributed by atoms with van der Waals surface area (Å²) in [6.45, 7) is 1.94. The molecule has 3 fully saturated rings. The zero-order valence-corrected chi connectivity index (χ0v) is 12.0. The van der Waals surface area contributed by atoms with Gasteiger partial charge in [0.1, 0.15) is 0 Å². The zero-order valence-electron chi connectivity index (χ0n) is 12.0. The average molecular weight is 271 g/mol. The fraction of sp³-hybridized carbons (Fsp3) is 0.625. The number of hydrogen-bond acceptors (Lipinski definition) is 3. The van der Waals surface area contributed by atoms with Crippen LogP contribution < -0.4 is 10.6 Å². The standard InChI is InChI=1S/C16H21N3O/c1-8-5-12(17-2)11(7-18-8)16(20)19-15-13-9-3-4-10(6-9)14(13)15/h5,7,9-10,13-15H,3-4,6H2,1-2H3,(H,17,18)(H,19,20). The molecule has 3 aliphatic carbocycles. The van der Waals surface area contributed by atoms with E-state index in [0.717, 1.165) is 35.1 Å². The van der Waals surface area contributed by atoms with Crippen molar-refractivity contribution in [3.8, 4) is 0 Å². The molecule has 1 aromatic heterocycles. The number of rotatable bonds is 3. The number of anilines is 1. The molecule has 4 rings (SSSR count). The van der Waals surface area contributed by atoms with Crippen LogP contribution in [-0.4, -0.2) is 24.0 Å². The van der Waals surface area contributed by atoms with Gasteiger partial charge in [-0.05, 0) is 55.9 Å². The van der Waals surface area contributed by atoms with Crippen molar-refractivity contribution < 1.29 is 4.79 Å². The van der Waals surface area contributed by atoms with Crippen molar-refractivity contribution in [3.05, 3.63) is 23.5 Å². The van der Waals surface area contributed by atoms with Gasteiger partial charge >= 0.3 is 0 Å². The number of pyridine rings is 1. The molecule has 1 amide bonds. The summed E-state index contributed by atoms with van der Waals surface area (Å²) in [5.41, 5.74) is 2.45. The number of amides is 1. The zero-order chi connectivity index (χ0) is 13.9. The van der Waals surface area contributed by atoms with Crippen LogP contribution in [0.25, 0.3) is 0 Å². The summed E-state index contributed by atoms with van der Waals surface area (Å²) in [7, 11) is 1.84. The van der Waals surface area contributed by atoms with Crippen LogP contribution in [0.15, 0.2) is 12.3 Å². The highest BCUT2D eigenvalue weighted by Crippen LogP contribution is 2.65. The molecule has 1 heterocycles. The predicted molar refractivity (Wildman–Crippen MR) is 77.6 cm³/mol. The molecular weight excluding hydrogens is 250 g/mol. The highest BCUT2D eigenvalue weighted by atomic mass is 16.1. The lowest BCUT2D eigenvalue weighted by molar-refractivity contribution is 0.0944. The van der Waals surface area contributed by atoms with E-state index in [2.05, 4.69) is 15.6 Å². The number of hydrogen-bond donors (Lipinski definition) is 2. The molecule has 0 saturated heterocycles. The van der Waals surface area contributed by atoms with E-state index < -0.39 is 0 Å². The Hall–Kier alpha value is -1.58. The number of aryl methyl sites for hydroxylation is 1. The Morgan fingerprint density at radius 2 is 2.00 bits per heavy atom. The second kappa shape index (κ2) is 4.21. The maximum Gasteiger partial charge on any atom is 0.255 e. The summed E-state index contributed by atoms with van der Waals surface area (Å²) in [6.07, 6.45) is 5.86. The summed E-state index contributed by atoms with van der Waals surface area (Å²) in [5, 5.41) is 6.34. The summed E-state index contributed by atoms with van der Waals surface area (Å²) in [6, 6.07) is 2.35. The van der Waals surface area contributed by atoms with Crippen LogP contribution in [0, 0.1) is 30.6 Å². The van der Waals surface area contributed by atoms with Gasteiger partial charge in [-0.25, -0.2) is 0 Å². The first-order valence-electron chi connectivity index (χ1n) is 7.64. The summed E-state index contributed by atoms with van der Waals surface area (Å²) in [5.74, 6) is 3.34. The molecule has 4 atom stereocenters. The number of nitrogens with zero attached hydrogens (tertiary/aromatic N) is 1. The van der Waals surface area contributed by atoms with Gasteiger partial charge in [0.25, 0.3) is 5.91 Å². The van der Waals surface area contributed by atoms with E-state index in [1.165, 1.54) is 19.3 Å². The van der Waals surface area contributed by atoms with Crippen molar-refractivity contribution in [2.24, 2.45) is 23.7 Å². The second-order valence-corrected chi connectivity index (χ2v) is 6.61. The molecule has 3 saturated carbocycles. The van der Waals surface area contributed by atoms with Crippen molar-refractivity contribution in [2.45, 2.75) is 32.2 Å². The molecule has 20 heavy (non-hydrogen) atoms. The summed E-state index contributed by atoms with van der Waals surface area (Å²) < 4.78 is 0. The SMILES string of the molecule is CNc1cc(C)ncc1C(=O)NC1C2C3CCC(C3)C12. The van der Waals surface area contributed by atoms with E-state index in [4.69, 9.17) is 0 Å². The van der Waals surface area contributed by atoms with Crippen molar-refractivity contribution in [2.75, 3.05) is 12.4 Å². The Bertz CT molecular complexity index is 555. The molecule has 4 nitrogen and oxygen atoms in total. The Morgan fingerprint density at radius 1 is 1.30 bits per heavy atom. The smallest absolute Gasteiger partial charge is 0.255 e. The summed E-state index contributed by atoms with van der Waals surface area (Å²) in [4.78, 5) is 16.7. The van der Waals surface area contributed by atoms with Gasteiger partial charge < -0.3 is 10.6 Å². The third-order valence-corrected chi connectivity index (χ3v) is 5.59. The molecule has 0 aromatic carbocycles. The van der Waals surface area contributed by atoms with Gasteiger partial charge in [0.2, 0.25) is 0 Å². The van der Waals surface area contributed by atoms with Gasteiger partial charge in [-0.15, -0.1) is 0 Å². The van der Waals surface area contributed by atoms with Crippen LogP contribution in [0.1, 0.15) is 35.3 Å². The largest absolute Gasteiger partial charge is 0.387 e. The fourth-order valence-electron chi connectivity index (χ4n) is 4.70. The second-order valence-electron chi connectivity index (χ2n) is 6.61. The first-order valence-corrected chi connectivity index (χ1v) is 7.64. The minimum Gasteiger partial charge on any atom is -0.387 e. The molecule has 0 radical (unpaired) electrons. The maximum atomic E-state index is 12.5. The van der Waals surface area contributed by atoms with Crippen LogP contribution in [0.5, 0.6) is 0 Å². The van der Waals surface area contributed by atoms with Crippen molar-refractivity contribution in [1.82, 2.24) is 10.3 Å². The Morgan fingerprint density at radius 3 is 2.65 bits per heavy atom. The summed E-state index contributed by atoms with van der Waals surface area (Å²) >= 11 is 0. The molecule has 4 unspecified atom stereocenters. The molecule has 1 aromatic rings. The highest BCUT2D eigenvalue weighted by Gasteiger charge is 2.65. The van der Waals surface area contributed by atoms with Gasteiger partial charge in [-0.3, -0.25) is 9.78 Å². The lowest BCUT2D eigenvalue weighted by Gasteiger charge is -2.13. The Balaban J connectivity index is 1.49. The number of fused-ring (bicyclic) bond motifs is 5. The van der Waals surface area contributed by atoms with E-state index >= 15 is 0 Å². The van der Waals surface area contributed by atoms with Crippen molar-refractivity contribution in [1.29, 1.82) is 0 Å². The first-order chi connectivity index (χ1) is 9.69. The molecule has 2 bridgehead atoms. The van der Waals surface area contributed by atoms with Gasteiger partial charge in [0, 0.05) is 25.0 Å². The van der Waals surface area contributed by atoms with E-state index in [1.54, 1.807) is 6.20 Å². The first kappa shape index (κ1) is 12.2. The number of carbonyl (C=O) groups excluding carboxylic acids is 1. The topological polar surface area (TPSA) is 54.0 Å². The van der Waals surface area contributed by atoms with Crippen LogP contribution in [0.3, 0.4) is 0 Å². The fourth-order valence-corrected chi connectivity index (χ4v) is 4.70. The molecular formula is C16H21N3O. The van der Waals surface area contributed by atoms with Crippen LogP contribution in [0.4, 0.5) is 5.69 Å². The molecule has 2 N–H and O–H groups in total. The van der Waals surface area contributed by atoms with Gasteiger partial charge in [-0.2, -0.15) is 0 Å². The highest BCUT2D eigenvalue weighted by molar-refractivity contribution is 5.99. The van der Waals surface area contributed by atoms with E-state index in [9.17, 15) is 4.79 Å². The monoisotopic (exact) mass is 271 g/mol. The Kier molecular flexibility index (Phi) is 2.56. The predicted octanol–water partition coefficient (Wildman–Crippen LogP) is 2.21. The van der Waals surface area contributed by atoms with Crippen LogP contribution >= 0.6 is 0 Å². The number of carbonyl (C=O) groups is 1. The van der Waals surface area contributed by atoms with Crippen molar-refractivity contribution in [3.63, 3.8) is 0 Å². The van der Waals surface area contributed by atoms with Crippen molar-refractivity contribution >= 4 is 11.6 Å². The maximum absolute atomic E-state index is 12.5. The lowest BCUT2D eigenvalue weighted by atomic mass is 10.0. The third-order valence-electron chi connectivity index (χ3n) is 5.59. The molecule has 0 spiro atoms. The third kappa shape index (κ3) is 1.67. The molecule has 3 aliphatic rings. The molecule has 106 valence electrons. The van der Waals surface area contributed by atoms with E-state index in [0.29, 0.717) is 11.6 Å². The molecule has 0 aliphatic heterocycles. The minimum atomic E-state index is 0.0284. The number of aromatic nitrogens is 1. The Labute approximate surface area is 119 Å². The van der Waals surface area contributed by atoms with Gasteiger partial charge in [0.15, 0.2) is 0 Å². The van der Waals surface area contributed by atoms with Gasteiger partial charge in [0.05, 0.1) is 11.3 Å². The minimum absolute atomic E-state index is 0.0284.